The van der Waals surface area contributed by atoms with E-state index in [1.54, 1.807) is 17.3 Å². The van der Waals surface area contributed by atoms with Crippen molar-refractivity contribution < 1.29 is 14.3 Å². The lowest BCUT2D eigenvalue weighted by Gasteiger charge is -2.27. The molecule has 2 amide bonds. The second kappa shape index (κ2) is 9.74. The van der Waals surface area contributed by atoms with Crippen LogP contribution in [-0.2, 0) is 16.0 Å². The fourth-order valence-corrected chi connectivity index (χ4v) is 4.38. The van der Waals surface area contributed by atoms with Crippen LogP contribution in [0.3, 0.4) is 0 Å². The second-order valence-corrected chi connectivity index (χ2v) is 8.10. The van der Waals surface area contributed by atoms with Gasteiger partial charge in [-0.3, -0.25) is 14.6 Å². The smallest absolute Gasteiger partial charge is 0.245 e. The first-order chi connectivity index (χ1) is 14.7. The molecule has 0 spiro atoms. The van der Waals surface area contributed by atoms with E-state index in [0.29, 0.717) is 25.1 Å². The Morgan fingerprint density at radius 1 is 1.07 bits per heavy atom. The van der Waals surface area contributed by atoms with Crippen LogP contribution in [0.4, 0.5) is 0 Å². The van der Waals surface area contributed by atoms with Crippen LogP contribution in [0.2, 0.25) is 0 Å². The Balaban J connectivity index is 1.40. The summed E-state index contributed by atoms with van der Waals surface area (Å²) < 4.78 is 6.05. The van der Waals surface area contributed by atoms with Gasteiger partial charge in [0.2, 0.25) is 11.8 Å². The SMILES string of the molecule is O=C(C1CC(Oc2cccnc2)CN1C(=O)CCCc1ccccc1)N1CCCC1. The number of nitrogens with zero attached hydrogens (tertiary/aromatic N) is 3. The lowest BCUT2D eigenvalue weighted by Crippen LogP contribution is -2.46. The summed E-state index contributed by atoms with van der Waals surface area (Å²) in [6, 6.07) is 13.4. The number of likely N-dealkylation sites (tertiary alicyclic amines) is 2. The highest BCUT2D eigenvalue weighted by molar-refractivity contribution is 5.88. The first kappa shape index (κ1) is 20.4. The summed E-state index contributed by atoms with van der Waals surface area (Å²) in [5.74, 6) is 0.787. The van der Waals surface area contributed by atoms with Crippen LogP contribution >= 0.6 is 0 Å². The summed E-state index contributed by atoms with van der Waals surface area (Å²) in [5.41, 5.74) is 1.23. The maximum atomic E-state index is 13.1. The molecular formula is C24H29N3O3. The molecule has 0 N–H and O–H groups in total. The van der Waals surface area contributed by atoms with E-state index >= 15 is 0 Å². The van der Waals surface area contributed by atoms with Crippen LogP contribution in [0.5, 0.6) is 5.75 Å². The van der Waals surface area contributed by atoms with E-state index < -0.39 is 6.04 Å². The predicted molar refractivity (Wildman–Crippen MR) is 114 cm³/mol. The molecule has 1 aromatic heterocycles. The molecule has 0 bridgehead atoms. The molecule has 2 fully saturated rings. The Kier molecular flexibility index (Phi) is 6.62. The van der Waals surface area contributed by atoms with Crippen LogP contribution in [-0.4, -0.2) is 58.4 Å². The molecule has 3 heterocycles. The molecule has 2 aliphatic rings. The number of amides is 2. The molecule has 2 aliphatic heterocycles. The number of rotatable bonds is 7. The van der Waals surface area contributed by atoms with Crippen molar-refractivity contribution in [3.05, 3.63) is 60.4 Å². The molecule has 6 nitrogen and oxygen atoms in total. The van der Waals surface area contributed by atoms with Crippen molar-refractivity contribution in [3.8, 4) is 5.75 Å². The average Bonchev–Trinajstić information content (AvgIpc) is 3.45. The molecule has 4 rings (SSSR count). The fourth-order valence-electron chi connectivity index (χ4n) is 4.38. The Hall–Kier alpha value is -2.89. The van der Waals surface area contributed by atoms with Crippen molar-refractivity contribution in [1.82, 2.24) is 14.8 Å². The molecule has 2 atom stereocenters. The predicted octanol–water partition coefficient (Wildman–Crippen LogP) is 3.08. The quantitative estimate of drug-likeness (QED) is 0.708. The molecule has 1 aromatic carbocycles. The van der Waals surface area contributed by atoms with E-state index in [1.165, 1.54) is 5.56 Å². The third-order valence-corrected chi connectivity index (χ3v) is 5.92. The third kappa shape index (κ3) is 4.99. The minimum absolute atomic E-state index is 0.0424. The molecule has 30 heavy (non-hydrogen) atoms. The number of hydrogen-bond donors (Lipinski definition) is 0. The highest BCUT2D eigenvalue weighted by Gasteiger charge is 2.42. The summed E-state index contributed by atoms with van der Waals surface area (Å²) in [5, 5.41) is 0. The van der Waals surface area contributed by atoms with Gasteiger partial charge < -0.3 is 14.5 Å². The Morgan fingerprint density at radius 2 is 1.87 bits per heavy atom. The van der Waals surface area contributed by atoms with Crippen LogP contribution in [0, 0.1) is 0 Å². The van der Waals surface area contributed by atoms with Gasteiger partial charge >= 0.3 is 0 Å². The number of hydrogen-bond acceptors (Lipinski definition) is 4. The average molecular weight is 408 g/mol. The maximum Gasteiger partial charge on any atom is 0.245 e. The molecule has 0 aliphatic carbocycles. The number of benzene rings is 1. The standard InChI is InChI=1S/C24H29N3O3/c28-23(12-6-10-19-8-2-1-3-9-19)27-18-21(30-20-11-7-13-25-17-20)16-22(27)24(29)26-14-4-5-15-26/h1-3,7-9,11,13,17,21-22H,4-6,10,12,14-16,18H2. The van der Waals surface area contributed by atoms with Crippen LogP contribution in [0.15, 0.2) is 54.9 Å². The largest absolute Gasteiger partial charge is 0.487 e. The summed E-state index contributed by atoms with van der Waals surface area (Å²) in [6.45, 7) is 2.03. The van der Waals surface area contributed by atoms with E-state index in [0.717, 1.165) is 38.8 Å². The van der Waals surface area contributed by atoms with Crippen molar-refractivity contribution in [3.63, 3.8) is 0 Å². The zero-order valence-electron chi connectivity index (χ0n) is 17.3. The number of carbonyl (C=O) groups is 2. The molecule has 2 aromatic rings. The molecule has 2 unspecified atom stereocenters. The molecule has 158 valence electrons. The zero-order chi connectivity index (χ0) is 20.8. The van der Waals surface area contributed by atoms with E-state index in [-0.39, 0.29) is 17.9 Å². The van der Waals surface area contributed by atoms with Crippen LogP contribution in [0.25, 0.3) is 0 Å². The van der Waals surface area contributed by atoms with E-state index in [9.17, 15) is 9.59 Å². The highest BCUT2D eigenvalue weighted by Crippen LogP contribution is 2.26. The number of carbonyl (C=O) groups excluding carboxylic acids is 2. The van der Waals surface area contributed by atoms with Gasteiger partial charge in [-0.2, -0.15) is 0 Å². The molecule has 6 heteroatoms. The highest BCUT2D eigenvalue weighted by atomic mass is 16.5. The number of pyridine rings is 1. The Bertz CT molecular complexity index is 837. The lowest BCUT2D eigenvalue weighted by atomic mass is 10.1. The fraction of sp³-hybridized carbons (Fsp3) is 0.458. The molecule has 2 saturated heterocycles. The van der Waals surface area contributed by atoms with Crippen molar-refractivity contribution in [2.45, 2.75) is 50.7 Å². The van der Waals surface area contributed by atoms with Crippen molar-refractivity contribution in [2.24, 2.45) is 0 Å². The Morgan fingerprint density at radius 3 is 2.60 bits per heavy atom. The van der Waals surface area contributed by atoms with E-state index in [2.05, 4.69) is 17.1 Å². The van der Waals surface area contributed by atoms with Crippen LogP contribution < -0.4 is 4.74 Å². The second-order valence-electron chi connectivity index (χ2n) is 8.10. The van der Waals surface area contributed by atoms with Crippen molar-refractivity contribution in [1.29, 1.82) is 0 Å². The maximum absolute atomic E-state index is 13.1. The minimum Gasteiger partial charge on any atom is -0.487 e. The number of ether oxygens (including phenoxy) is 1. The van der Waals surface area contributed by atoms with Crippen molar-refractivity contribution in [2.75, 3.05) is 19.6 Å². The van der Waals surface area contributed by atoms with Gasteiger partial charge in [0, 0.05) is 32.1 Å². The number of aryl methyl sites for hydroxylation is 1. The number of aromatic nitrogens is 1. The summed E-state index contributed by atoms with van der Waals surface area (Å²) in [7, 11) is 0. The lowest BCUT2D eigenvalue weighted by molar-refractivity contribution is -0.143. The Labute approximate surface area is 177 Å². The summed E-state index contributed by atoms with van der Waals surface area (Å²) in [6.07, 6.45) is 7.87. The minimum atomic E-state index is -0.422. The first-order valence-corrected chi connectivity index (χ1v) is 10.9. The molecule has 0 saturated carbocycles. The van der Waals surface area contributed by atoms with Crippen LogP contribution in [0.1, 0.15) is 37.7 Å². The zero-order valence-corrected chi connectivity index (χ0v) is 17.3. The first-order valence-electron chi connectivity index (χ1n) is 10.9. The van der Waals surface area contributed by atoms with Gasteiger partial charge in [0.05, 0.1) is 12.7 Å². The topological polar surface area (TPSA) is 62.7 Å². The normalized spacial score (nSPS) is 21.1. The van der Waals surface area contributed by atoms with Gasteiger partial charge in [0.1, 0.15) is 17.9 Å². The van der Waals surface area contributed by atoms with E-state index in [4.69, 9.17) is 4.74 Å². The summed E-state index contributed by atoms with van der Waals surface area (Å²) >= 11 is 0. The summed E-state index contributed by atoms with van der Waals surface area (Å²) in [4.78, 5) is 33.9. The van der Waals surface area contributed by atoms with Crippen molar-refractivity contribution >= 4 is 11.8 Å². The molecule has 0 radical (unpaired) electrons. The third-order valence-electron chi connectivity index (χ3n) is 5.92. The van der Waals surface area contributed by atoms with Gasteiger partial charge in [-0.15, -0.1) is 0 Å². The monoisotopic (exact) mass is 407 g/mol. The van der Waals surface area contributed by atoms with Gasteiger partial charge in [-0.1, -0.05) is 30.3 Å². The van der Waals surface area contributed by atoms with Gasteiger partial charge in [-0.05, 0) is 43.4 Å². The van der Waals surface area contributed by atoms with E-state index in [1.807, 2.05) is 35.2 Å². The molecular weight excluding hydrogens is 378 g/mol. The van der Waals surface area contributed by atoms with Gasteiger partial charge in [-0.25, -0.2) is 0 Å². The van der Waals surface area contributed by atoms with Gasteiger partial charge in [0.25, 0.3) is 0 Å². The van der Waals surface area contributed by atoms with Gasteiger partial charge in [0.15, 0.2) is 0 Å².